The number of carbonyl (C=O) groups excluding carboxylic acids is 1. The van der Waals surface area contributed by atoms with Crippen molar-refractivity contribution in [1.29, 1.82) is 0 Å². The second-order valence-electron chi connectivity index (χ2n) is 5.26. The normalized spacial score (nSPS) is 10.3. The third kappa shape index (κ3) is 5.33. The van der Waals surface area contributed by atoms with Gasteiger partial charge in [0.2, 0.25) is 0 Å². The predicted octanol–water partition coefficient (Wildman–Crippen LogP) is 4.82. The van der Waals surface area contributed by atoms with Crippen molar-refractivity contribution in [1.82, 2.24) is 0 Å². The maximum absolute atomic E-state index is 11.3. The first-order valence-electron chi connectivity index (χ1n) is 7.88. The van der Waals surface area contributed by atoms with Gasteiger partial charge in [-0.25, -0.2) is 4.79 Å². The summed E-state index contributed by atoms with van der Waals surface area (Å²) in [6, 6.07) is 11.4. The van der Waals surface area contributed by atoms with Crippen LogP contribution in [-0.2, 0) is 9.68 Å². The number of unbranched alkanes of at least 4 members (excludes halogenated alkanes) is 2. The van der Waals surface area contributed by atoms with Crippen molar-refractivity contribution in [3.05, 3.63) is 49.1 Å². The van der Waals surface area contributed by atoms with E-state index in [2.05, 4.69) is 13.5 Å². The molecule has 0 atom stereocenters. The lowest BCUT2D eigenvalue weighted by atomic mass is 10.1. The zero-order valence-corrected chi connectivity index (χ0v) is 13.4. The SMILES string of the molecule is C=CCC(=O)OOc1ccc2ccc(OCCCCC)cc2c1. The Labute approximate surface area is 136 Å². The maximum Gasteiger partial charge on any atom is 0.359 e. The van der Waals surface area contributed by atoms with Crippen molar-refractivity contribution in [2.45, 2.75) is 32.6 Å². The summed E-state index contributed by atoms with van der Waals surface area (Å²) in [7, 11) is 0. The summed E-state index contributed by atoms with van der Waals surface area (Å²) in [5.41, 5.74) is 0. The van der Waals surface area contributed by atoms with Crippen LogP contribution in [0.5, 0.6) is 11.5 Å². The number of ether oxygens (including phenoxy) is 1. The molecule has 0 aliphatic carbocycles. The van der Waals surface area contributed by atoms with Crippen molar-refractivity contribution in [3.63, 3.8) is 0 Å². The zero-order valence-electron chi connectivity index (χ0n) is 13.4. The Hall–Kier alpha value is -2.49. The van der Waals surface area contributed by atoms with Crippen molar-refractivity contribution in [3.8, 4) is 11.5 Å². The fourth-order valence-corrected chi connectivity index (χ4v) is 2.13. The Morgan fingerprint density at radius 1 is 1.09 bits per heavy atom. The van der Waals surface area contributed by atoms with Crippen LogP contribution in [0.25, 0.3) is 10.8 Å². The molecule has 0 saturated heterocycles. The average molecular weight is 314 g/mol. The summed E-state index contributed by atoms with van der Waals surface area (Å²) in [4.78, 5) is 21.0. The fraction of sp³-hybridized carbons (Fsp3) is 0.316. The van der Waals surface area contributed by atoms with Gasteiger partial charge >= 0.3 is 5.97 Å². The highest BCUT2D eigenvalue weighted by Crippen LogP contribution is 2.25. The molecule has 4 heteroatoms. The van der Waals surface area contributed by atoms with E-state index >= 15 is 0 Å². The lowest BCUT2D eigenvalue weighted by molar-refractivity contribution is -0.212. The average Bonchev–Trinajstić information content (AvgIpc) is 2.57. The number of hydrogen-bond acceptors (Lipinski definition) is 4. The summed E-state index contributed by atoms with van der Waals surface area (Å²) >= 11 is 0. The monoisotopic (exact) mass is 314 g/mol. The van der Waals surface area contributed by atoms with Crippen LogP contribution in [0.2, 0.25) is 0 Å². The minimum Gasteiger partial charge on any atom is -0.494 e. The first kappa shape index (κ1) is 16.9. The van der Waals surface area contributed by atoms with Crippen LogP contribution in [0.15, 0.2) is 49.1 Å². The van der Waals surface area contributed by atoms with Crippen LogP contribution in [0, 0.1) is 0 Å². The van der Waals surface area contributed by atoms with E-state index < -0.39 is 5.97 Å². The van der Waals surface area contributed by atoms with E-state index in [0.717, 1.165) is 22.9 Å². The van der Waals surface area contributed by atoms with Gasteiger partial charge in [0, 0.05) is 0 Å². The topological polar surface area (TPSA) is 44.8 Å². The lowest BCUT2D eigenvalue weighted by Gasteiger charge is -2.08. The van der Waals surface area contributed by atoms with Crippen LogP contribution in [0.1, 0.15) is 32.6 Å². The Morgan fingerprint density at radius 2 is 1.83 bits per heavy atom. The standard InChI is InChI=1S/C19H22O4/c1-3-5-6-12-21-17-10-8-15-9-11-18(14-16(15)13-17)22-23-19(20)7-4-2/h4,8-11,13-14H,2-3,5-7,12H2,1H3. The molecule has 0 aliphatic heterocycles. The molecule has 0 unspecified atom stereocenters. The molecule has 122 valence electrons. The van der Waals surface area contributed by atoms with Crippen LogP contribution in [0.4, 0.5) is 0 Å². The van der Waals surface area contributed by atoms with Crippen LogP contribution in [-0.4, -0.2) is 12.6 Å². The number of carbonyl (C=O) groups is 1. The molecule has 0 amide bonds. The Bertz CT molecular complexity index is 663. The summed E-state index contributed by atoms with van der Waals surface area (Å²) in [6.07, 6.45) is 4.97. The molecule has 0 heterocycles. The molecule has 0 fully saturated rings. The number of benzene rings is 2. The third-order valence-corrected chi connectivity index (χ3v) is 3.34. The van der Waals surface area contributed by atoms with E-state index in [-0.39, 0.29) is 6.42 Å². The molecule has 0 N–H and O–H groups in total. The number of hydrogen-bond donors (Lipinski definition) is 0. The first-order valence-corrected chi connectivity index (χ1v) is 7.88. The smallest absolute Gasteiger partial charge is 0.359 e. The summed E-state index contributed by atoms with van der Waals surface area (Å²) in [5.74, 6) is 0.820. The predicted molar refractivity (Wildman–Crippen MR) is 90.5 cm³/mol. The van der Waals surface area contributed by atoms with E-state index in [1.54, 1.807) is 6.07 Å². The minimum absolute atomic E-state index is 0.114. The van der Waals surface area contributed by atoms with Crippen molar-refractivity contribution < 1.29 is 19.3 Å². The van der Waals surface area contributed by atoms with Gasteiger partial charge in [0.15, 0.2) is 5.75 Å². The molecule has 4 nitrogen and oxygen atoms in total. The van der Waals surface area contributed by atoms with E-state index in [1.807, 2.05) is 30.3 Å². The van der Waals surface area contributed by atoms with Gasteiger partial charge in [-0.3, -0.25) is 9.78 Å². The molecule has 2 rings (SSSR count). The quantitative estimate of drug-likeness (QED) is 0.288. The van der Waals surface area contributed by atoms with Crippen molar-refractivity contribution >= 4 is 16.7 Å². The van der Waals surface area contributed by atoms with Gasteiger partial charge in [0.25, 0.3) is 0 Å². The molecule has 0 saturated carbocycles. The molecular formula is C19H22O4. The molecule has 0 radical (unpaired) electrons. The molecule has 0 aliphatic rings. The lowest BCUT2D eigenvalue weighted by Crippen LogP contribution is -2.06. The largest absolute Gasteiger partial charge is 0.494 e. The highest BCUT2D eigenvalue weighted by molar-refractivity contribution is 5.85. The molecule has 23 heavy (non-hydrogen) atoms. The minimum atomic E-state index is -0.479. The highest BCUT2D eigenvalue weighted by atomic mass is 17.2. The number of fused-ring (bicyclic) bond motifs is 1. The Kier molecular flexibility index (Phi) is 6.48. The highest BCUT2D eigenvalue weighted by Gasteiger charge is 2.05. The molecular weight excluding hydrogens is 292 g/mol. The summed E-state index contributed by atoms with van der Waals surface area (Å²) in [6.45, 7) is 6.36. The Morgan fingerprint density at radius 3 is 2.57 bits per heavy atom. The van der Waals surface area contributed by atoms with Crippen LogP contribution < -0.4 is 9.62 Å². The van der Waals surface area contributed by atoms with Crippen molar-refractivity contribution in [2.24, 2.45) is 0 Å². The fourth-order valence-electron chi connectivity index (χ4n) is 2.13. The zero-order chi connectivity index (χ0) is 16.5. The van der Waals surface area contributed by atoms with Crippen molar-refractivity contribution in [2.75, 3.05) is 6.61 Å². The van der Waals surface area contributed by atoms with Gasteiger partial charge in [0.05, 0.1) is 13.0 Å². The van der Waals surface area contributed by atoms with Gasteiger partial charge in [-0.15, -0.1) is 6.58 Å². The van der Waals surface area contributed by atoms with Crippen LogP contribution in [0.3, 0.4) is 0 Å². The molecule has 2 aromatic rings. The summed E-state index contributed by atoms with van der Waals surface area (Å²) < 4.78 is 5.75. The number of rotatable bonds is 9. The molecule has 2 aromatic carbocycles. The molecule has 0 bridgehead atoms. The van der Waals surface area contributed by atoms with Crippen LogP contribution >= 0.6 is 0 Å². The second kappa shape index (κ2) is 8.83. The first-order chi connectivity index (χ1) is 11.2. The molecule has 0 spiro atoms. The van der Waals surface area contributed by atoms with E-state index in [0.29, 0.717) is 12.4 Å². The van der Waals surface area contributed by atoms with Gasteiger partial charge in [-0.2, -0.15) is 0 Å². The third-order valence-electron chi connectivity index (χ3n) is 3.34. The van der Waals surface area contributed by atoms with E-state index in [4.69, 9.17) is 14.5 Å². The van der Waals surface area contributed by atoms with E-state index in [1.165, 1.54) is 18.9 Å². The second-order valence-corrected chi connectivity index (χ2v) is 5.26. The van der Waals surface area contributed by atoms with Gasteiger partial charge in [-0.05, 0) is 41.5 Å². The molecule has 0 aromatic heterocycles. The van der Waals surface area contributed by atoms with Gasteiger partial charge in [0.1, 0.15) is 5.75 Å². The van der Waals surface area contributed by atoms with Gasteiger partial charge < -0.3 is 4.74 Å². The van der Waals surface area contributed by atoms with Gasteiger partial charge in [-0.1, -0.05) is 38.0 Å². The van der Waals surface area contributed by atoms with E-state index in [9.17, 15) is 4.79 Å². The summed E-state index contributed by atoms with van der Waals surface area (Å²) in [5, 5.41) is 2.03. The Balaban J connectivity index is 2.01. The maximum atomic E-state index is 11.3.